The van der Waals surface area contributed by atoms with Crippen molar-refractivity contribution in [3.05, 3.63) is 24.2 Å². The zero-order valence-corrected chi connectivity index (χ0v) is 7.46. The Morgan fingerprint density at radius 3 is 2.57 bits per heavy atom. The van der Waals surface area contributed by atoms with E-state index < -0.39 is 12.2 Å². The molecule has 0 aliphatic carbocycles. The van der Waals surface area contributed by atoms with E-state index in [0.717, 1.165) is 0 Å². The highest BCUT2D eigenvalue weighted by molar-refractivity contribution is 5.94. The molecule has 5 heteroatoms. The van der Waals surface area contributed by atoms with Crippen LogP contribution in [0.1, 0.15) is 10.4 Å². The van der Waals surface area contributed by atoms with E-state index in [9.17, 15) is 15.0 Å². The van der Waals surface area contributed by atoms with Crippen LogP contribution in [-0.2, 0) is 0 Å². The minimum absolute atomic E-state index is 0.172. The number of rotatable bonds is 1. The second kappa shape index (κ2) is 3.43. The summed E-state index contributed by atoms with van der Waals surface area (Å²) in [7, 11) is 0. The molecule has 1 aromatic heterocycles. The molecule has 1 aliphatic rings. The van der Waals surface area contributed by atoms with Crippen LogP contribution in [0.15, 0.2) is 23.0 Å². The molecule has 0 bridgehead atoms. The number of amides is 1. The molecule has 2 heterocycles. The molecular weight excluding hydrogens is 186 g/mol. The van der Waals surface area contributed by atoms with Crippen molar-refractivity contribution < 1.29 is 19.4 Å². The lowest BCUT2D eigenvalue weighted by Gasteiger charge is -2.13. The van der Waals surface area contributed by atoms with Gasteiger partial charge in [-0.05, 0) is 6.07 Å². The molecule has 2 rings (SSSR count). The number of carbonyl (C=O) groups excluding carboxylic acids is 1. The fraction of sp³-hybridized carbons (Fsp3) is 0.444. The Hall–Kier alpha value is -1.33. The molecule has 2 atom stereocenters. The predicted molar refractivity (Wildman–Crippen MR) is 46.6 cm³/mol. The van der Waals surface area contributed by atoms with E-state index in [4.69, 9.17) is 4.42 Å². The van der Waals surface area contributed by atoms with Crippen LogP contribution in [0.5, 0.6) is 0 Å². The van der Waals surface area contributed by atoms with Crippen molar-refractivity contribution in [2.45, 2.75) is 12.2 Å². The van der Waals surface area contributed by atoms with E-state index >= 15 is 0 Å². The van der Waals surface area contributed by atoms with Crippen LogP contribution >= 0.6 is 0 Å². The van der Waals surface area contributed by atoms with Gasteiger partial charge >= 0.3 is 0 Å². The van der Waals surface area contributed by atoms with Crippen molar-refractivity contribution in [3.8, 4) is 0 Å². The van der Waals surface area contributed by atoms with E-state index in [2.05, 4.69) is 0 Å². The van der Waals surface area contributed by atoms with Crippen molar-refractivity contribution >= 4 is 5.91 Å². The molecule has 0 spiro atoms. The fourth-order valence-corrected chi connectivity index (χ4v) is 1.50. The predicted octanol–water partition coefficient (Wildman–Crippen LogP) is -0.543. The summed E-state index contributed by atoms with van der Waals surface area (Å²) in [5, 5.41) is 18.5. The maximum atomic E-state index is 11.6. The number of furan rings is 1. The maximum Gasteiger partial charge on any atom is 0.257 e. The Morgan fingerprint density at radius 1 is 1.43 bits per heavy atom. The molecule has 5 nitrogen and oxygen atoms in total. The van der Waals surface area contributed by atoms with Crippen molar-refractivity contribution in [2.24, 2.45) is 0 Å². The zero-order valence-electron chi connectivity index (χ0n) is 7.46. The number of aliphatic hydroxyl groups is 2. The topological polar surface area (TPSA) is 73.9 Å². The maximum absolute atomic E-state index is 11.6. The van der Waals surface area contributed by atoms with Crippen LogP contribution in [-0.4, -0.2) is 46.3 Å². The number of carbonyl (C=O) groups is 1. The third kappa shape index (κ3) is 1.51. The molecule has 2 unspecified atom stereocenters. The molecule has 14 heavy (non-hydrogen) atoms. The van der Waals surface area contributed by atoms with Gasteiger partial charge in [-0.2, -0.15) is 0 Å². The van der Waals surface area contributed by atoms with Crippen LogP contribution < -0.4 is 0 Å². The molecule has 1 amide bonds. The van der Waals surface area contributed by atoms with Gasteiger partial charge in [0.1, 0.15) is 6.26 Å². The van der Waals surface area contributed by atoms with E-state index in [-0.39, 0.29) is 19.0 Å². The molecule has 1 fully saturated rings. The first-order valence-corrected chi connectivity index (χ1v) is 4.36. The van der Waals surface area contributed by atoms with E-state index in [1.807, 2.05) is 0 Å². The first-order chi connectivity index (χ1) is 6.68. The molecular formula is C9H11NO4. The number of aliphatic hydroxyl groups excluding tert-OH is 2. The molecule has 0 saturated carbocycles. The monoisotopic (exact) mass is 197 g/mol. The Balaban J connectivity index is 2.07. The smallest absolute Gasteiger partial charge is 0.257 e. The molecule has 2 N–H and O–H groups in total. The molecule has 76 valence electrons. The number of hydrogen-bond acceptors (Lipinski definition) is 4. The van der Waals surface area contributed by atoms with Crippen LogP contribution in [0.3, 0.4) is 0 Å². The summed E-state index contributed by atoms with van der Waals surface area (Å²) in [6.45, 7) is 0.344. The van der Waals surface area contributed by atoms with Gasteiger partial charge in [0.05, 0.1) is 24.0 Å². The van der Waals surface area contributed by atoms with Crippen molar-refractivity contribution in [3.63, 3.8) is 0 Å². The van der Waals surface area contributed by atoms with Gasteiger partial charge in [0.2, 0.25) is 0 Å². The van der Waals surface area contributed by atoms with Crippen molar-refractivity contribution in [2.75, 3.05) is 13.1 Å². The average molecular weight is 197 g/mol. The van der Waals surface area contributed by atoms with Crippen LogP contribution in [0.25, 0.3) is 0 Å². The van der Waals surface area contributed by atoms with Crippen LogP contribution in [0.2, 0.25) is 0 Å². The second-order valence-electron chi connectivity index (χ2n) is 3.36. The van der Waals surface area contributed by atoms with E-state index in [1.165, 1.54) is 17.4 Å². The van der Waals surface area contributed by atoms with Gasteiger partial charge in [-0.3, -0.25) is 4.79 Å². The summed E-state index contributed by atoms with van der Waals surface area (Å²) in [5.74, 6) is -0.227. The Kier molecular flexibility index (Phi) is 2.26. The largest absolute Gasteiger partial charge is 0.472 e. The normalized spacial score (nSPS) is 26.9. The van der Waals surface area contributed by atoms with Gasteiger partial charge in [-0.25, -0.2) is 0 Å². The lowest BCUT2D eigenvalue weighted by molar-refractivity contribution is 0.0572. The van der Waals surface area contributed by atoms with Crippen molar-refractivity contribution in [1.29, 1.82) is 0 Å². The molecule has 0 aromatic carbocycles. The van der Waals surface area contributed by atoms with Gasteiger partial charge in [0, 0.05) is 13.1 Å². The van der Waals surface area contributed by atoms with Crippen LogP contribution in [0.4, 0.5) is 0 Å². The quantitative estimate of drug-likeness (QED) is 0.634. The molecule has 1 aromatic rings. The van der Waals surface area contributed by atoms with E-state index in [1.54, 1.807) is 6.07 Å². The van der Waals surface area contributed by atoms with Gasteiger partial charge in [0.25, 0.3) is 5.91 Å². The van der Waals surface area contributed by atoms with Crippen LogP contribution in [0, 0.1) is 0 Å². The Labute approximate surface area is 80.6 Å². The third-order valence-corrected chi connectivity index (χ3v) is 2.31. The fourth-order valence-electron chi connectivity index (χ4n) is 1.50. The van der Waals surface area contributed by atoms with Gasteiger partial charge in [0.15, 0.2) is 0 Å². The summed E-state index contributed by atoms with van der Waals surface area (Å²) < 4.78 is 4.78. The number of β-amino-alcohol motifs (C(OH)–C–C–N with tert-alkyl or cyclic N) is 2. The highest BCUT2D eigenvalue weighted by Crippen LogP contribution is 2.14. The van der Waals surface area contributed by atoms with Crippen molar-refractivity contribution in [1.82, 2.24) is 4.90 Å². The van der Waals surface area contributed by atoms with E-state index in [0.29, 0.717) is 5.56 Å². The summed E-state index contributed by atoms with van der Waals surface area (Å²) in [6, 6.07) is 1.55. The highest BCUT2D eigenvalue weighted by Gasteiger charge is 2.33. The highest BCUT2D eigenvalue weighted by atomic mass is 16.3. The van der Waals surface area contributed by atoms with Gasteiger partial charge < -0.3 is 19.5 Å². The van der Waals surface area contributed by atoms with Gasteiger partial charge in [-0.1, -0.05) is 0 Å². The Bertz CT molecular complexity index is 312. The lowest BCUT2D eigenvalue weighted by Crippen LogP contribution is -2.29. The zero-order chi connectivity index (χ0) is 10.1. The number of nitrogens with zero attached hydrogens (tertiary/aromatic N) is 1. The molecule has 1 aliphatic heterocycles. The third-order valence-electron chi connectivity index (χ3n) is 2.31. The summed E-state index contributed by atoms with van der Waals surface area (Å²) in [4.78, 5) is 13.0. The molecule has 1 saturated heterocycles. The number of hydrogen-bond donors (Lipinski definition) is 2. The number of likely N-dealkylation sites (tertiary alicyclic amines) is 1. The minimum Gasteiger partial charge on any atom is -0.472 e. The SMILES string of the molecule is O=C(c1ccoc1)N1CC(O)C(O)C1. The minimum atomic E-state index is -0.842. The summed E-state index contributed by atoms with van der Waals surface area (Å²) in [5.41, 5.74) is 0.436. The second-order valence-corrected chi connectivity index (χ2v) is 3.36. The average Bonchev–Trinajstić information content (AvgIpc) is 2.76. The first kappa shape index (κ1) is 9.23. The lowest BCUT2D eigenvalue weighted by atomic mass is 10.3. The Morgan fingerprint density at radius 2 is 2.07 bits per heavy atom. The first-order valence-electron chi connectivity index (χ1n) is 4.36. The standard InChI is InChI=1S/C9H11NO4/c11-7-3-10(4-8(7)12)9(13)6-1-2-14-5-6/h1-2,5,7-8,11-12H,3-4H2. The summed E-state index contributed by atoms with van der Waals surface area (Å²) >= 11 is 0. The van der Waals surface area contributed by atoms with Gasteiger partial charge in [-0.15, -0.1) is 0 Å². The summed E-state index contributed by atoms with van der Waals surface area (Å²) in [6.07, 6.45) is 1.08. The molecule has 0 radical (unpaired) electrons.